The minimum atomic E-state index is 0.0968. The van der Waals surface area contributed by atoms with Crippen molar-refractivity contribution in [1.82, 2.24) is 19.6 Å². The maximum absolute atomic E-state index is 12.4. The third-order valence-corrected chi connectivity index (χ3v) is 6.51. The molecule has 0 atom stereocenters. The van der Waals surface area contributed by atoms with Gasteiger partial charge in [-0.3, -0.25) is 9.69 Å². The molecule has 1 aliphatic rings. The van der Waals surface area contributed by atoms with Gasteiger partial charge in [-0.15, -0.1) is 0 Å². The van der Waals surface area contributed by atoms with Crippen molar-refractivity contribution in [2.45, 2.75) is 39.0 Å². The Kier molecular flexibility index (Phi) is 10.9. The number of amides is 1. The van der Waals surface area contributed by atoms with Crippen LogP contribution < -0.4 is 15.0 Å². The molecule has 1 fully saturated rings. The van der Waals surface area contributed by atoms with Crippen LogP contribution in [0.5, 0.6) is 5.75 Å². The lowest BCUT2D eigenvalue weighted by molar-refractivity contribution is -0.120. The van der Waals surface area contributed by atoms with Crippen LogP contribution in [0.15, 0.2) is 24.3 Å². The summed E-state index contributed by atoms with van der Waals surface area (Å²) >= 11 is 1.41. The normalized spacial score (nSPS) is 14.2. The molecule has 9 heteroatoms. The third-order valence-electron chi connectivity index (χ3n) is 5.69. The highest BCUT2D eigenvalue weighted by Gasteiger charge is 2.15. The van der Waals surface area contributed by atoms with Crippen LogP contribution in [0.1, 0.15) is 44.0 Å². The number of aromatic nitrogens is 2. The zero-order valence-electron chi connectivity index (χ0n) is 19.9. The first-order valence-corrected chi connectivity index (χ1v) is 12.7. The number of nitrogens with one attached hydrogen (secondary N) is 1. The summed E-state index contributed by atoms with van der Waals surface area (Å²) in [7, 11) is 1.67. The molecule has 182 valence electrons. The number of morpholine rings is 1. The molecule has 8 nitrogen and oxygen atoms in total. The van der Waals surface area contributed by atoms with Gasteiger partial charge in [0.15, 0.2) is 0 Å². The summed E-state index contributed by atoms with van der Waals surface area (Å²) in [5.41, 5.74) is 1.12. The van der Waals surface area contributed by atoms with Crippen molar-refractivity contribution in [1.29, 1.82) is 0 Å². The highest BCUT2D eigenvalue weighted by Crippen LogP contribution is 2.21. The SMILES string of the molecule is CCCCN(CCC(=O)NCCCN1CCOCC1)c1nc(Cc2cccc(OC)c2)ns1. The summed E-state index contributed by atoms with van der Waals surface area (Å²) in [6.45, 7) is 9.04. The summed E-state index contributed by atoms with van der Waals surface area (Å²) in [4.78, 5) is 21.7. The average molecular weight is 476 g/mol. The van der Waals surface area contributed by atoms with Crippen LogP contribution in [0.25, 0.3) is 0 Å². The van der Waals surface area contributed by atoms with Crippen molar-refractivity contribution in [3.8, 4) is 5.75 Å². The van der Waals surface area contributed by atoms with E-state index in [1.165, 1.54) is 11.5 Å². The van der Waals surface area contributed by atoms with E-state index in [1.54, 1.807) is 7.11 Å². The standard InChI is InChI=1S/C24H37N5O3S/c1-3-4-12-29(13-9-23(30)25-10-6-11-28-14-16-32-17-15-28)24-26-22(27-33-24)19-20-7-5-8-21(18-20)31-2/h5,7-8,18H,3-4,6,9-17,19H2,1-2H3,(H,25,30). The first-order valence-electron chi connectivity index (χ1n) is 11.9. The Morgan fingerprint density at radius 2 is 2.12 bits per heavy atom. The van der Waals surface area contributed by atoms with E-state index in [9.17, 15) is 4.79 Å². The molecule has 1 saturated heterocycles. The number of carbonyl (C=O) groups excluding carboxylic acids is 1. The van der Waals surface area contributed by atoms with E-state index in [2.05, 4.69) is 32.5 Å². The fourth-order valence-corrected chi connectivity index (χ4v) is 4.48. The third kappa shape index (κ3) is 8.91. The predicted molar refractivity (Wildman–Crippen MR) is 132 cm³/mol. The molecule has 0 saturated carbocycles. The fraction of sp³-hybridized carbons (Fsp3) is 0.625. The Morgan fingerprint density at radius 1 is 1.27 bits per heavy atom. The van der Waals surface area contributed by atoms with E-state index < -0.39 is 0 Å². The van der Waals surface area contributed by atoms with Gasteiger partial charge in [-0.25, -0.2) is 4.98 Å². The van der Waals surface area contributed by atoms with E-state index in [-0.39, 0.29) is 5.91 Å². The second-order valence-electron chi connectivity index (χ2n) is 8.27. The number of hydrogen-bond donors (Lipinski definition) is 1. The monoisotopic (exact) mass is 475 g/mol. The summed E-state index contributed by atoms with van der Waals surface area (Å²) in [5.74, 6) is 1.74. The fourth-order valence-electron chi connectivity index (χ4n) is 3.74. The second kappa shape index (κ2) is 14.1. The molecule has 3 rings (SSSR count). The molecular formula is C24H37N5O3S. The molecule has 2 aromatic rings. The Morgan fingerprint density at radius 3 is 2.91 bits per heavy atom. The van der Waals surface area contributed by atoms with Gasteiger partial charge in [0.1, 0.15) is 11.6 Å². The van der Waals surface area contributed by atoms with Crippen LogP contribution in [0.3, 0.4) is 0 Å². The van der Waals surface area contributed by atoms with E-state index in [0.29, 0.717) is 25.9 Å². The summed E-state index contributed by atoms with van der Waals surface area (Å²) in [5, 5.41) is 3.96. The Balaban J connectivity index is 1.45. The van der Waals surface area contributed by atoms with Crippen molar-refractivity contribution >= 4 is 22.6 Å². The van der Waals surface area contributed by atoms with Crippen molar-refractivity contribution in [3.05, 3.63) is 35.7 Å². The topological polar surface area (TPSA) is 79.8 Å². The van der Waals surface area contributed by atoms with Gasteiger partial charge in [0, 0.05) is 57.1 Å². The number of unbranched alkanes of at least 4 members (excludes halogenated alkanes) is 1. The Labute approximate surface area is 201 Å². The molecule has 0 spiro atoms. The van der Waals surface area contributed by atoms with Crippen molar-refractivity contribution in [2.24, 2.45) is 0 Å². The van der Waals surface area contributed by atoms with Gasteiger partial charge in [-0.1, -0.05) is 25.5 Å². The molecule has 1 aromatic carbocycles. The lowest BCUT2D eigenvalue weighted by atomic mass is 10.1. The van der Waals surface area contributed by atoms with Crippen molar-refractivity contribution in [2.75, 3.05) is 64.5 Å². The number of nitrogens with zero attached hydrogens (tertiary/aromatic N) is 4. The first-order chi connectivity index (χ1) is 16.2. The maximum Gasteiger partial charge on any atom is 0.221 e. The number of ether oxygens (including phenoxy) is 2. The summed E-state index contributed by atoms with van der Waals surface area (Å²) in [6, 6.07) is 7.98. The molecule has 33 heavy (non-hydrogen) atoms. The molecule has 1 aliphatic heterocycles. The Hall–Kier alpha value is -2.23. The van der Waals surface area contributed by atoms with Crippen molar-refractivity contribution < 1.29 is 14.3 Å². The zero-order chi connectivity index (χ0) is 23.3. The van der Waals surface area contributed by atoms with E-state index in [0.717, 1.165) is 80.9 Å². The predicted octanol–water partition coefficient (Wildman–Crippen LogP) is 2.97. The van der Waals surface area contributed by atoms with Crippen molar-refractivity contribution in [3.63, 3.8) is 0 Å². The summed E-state index contributed by atoms with van der Waals surface area (Å²) in [6.07, 6.45) is 4.26. The number of hydrogen-bond acceptors (Lipinski definition) is 8. The first kappa shape index (κ1) is 25.4. The van der Waals surface area contributed by atoms with Gasteiger partial charge in [-0.2, -0.15) is 4.37 Å². The molecular weight excluding hydrogens is 438 g/mol. The van der Waals surface area contributed by atoms with Gasteiger partial charge in [-0.05, 0) is 37.1 Å². The Bertz CT molecular complexity index is 841. The largest absolute Gasteiger partial charge is 0.497 e. The van der Waals surface area contributed by atoms with Gasteiger partial charge in [0.2, 0.25) is 11.0 Å². The van der Waals surface area contributed by atoms with Gasteiger partial charge >= 0.3 is 0 Å². The highest BCUT2D eigenvalue weighted by molar-refractivity contribution is 7.09. The van der Waals surface area contributed by atoms with Crippen LogP contribution in [-0.4, -0.2) is 79.8 Å². The zero-order valence-corrected chi connectivity index (χ0v) is 20.7. The lowest BCUT2D eigenvalue weighted by Crippen LogP contribution is -2.38. The highest BCUT2D eigenvalue weighted by atomic mass is 32.1. The van der Waals surface area contributed by atoms with E-state index in [4.69, 9.17) is 14.5 Å². The molecule has 0 bridgehead atoms. The minimum Gasteiger partial charge on any atom is -0.497 e. The second-order valence-corrected chi connectivity index (χ2v) is 9.00. The number of benzene rings is 1. The van der Waals surface area contributed by atoms with Gasteiger partial charge in [0.25, 0.3) is 0 Å². The number of rotatable bonds is 14. The van der Waals surface area contributed by atoms with Gasteiger partial charge in [0.05, 0.1) is 20.3 Å². The maximum atomic E-state index is 12.4. The smallest absolute Gasteiger partial charge is 0.221 e. The van der Waals surface area contributed by atoms with E-state index >= 15 is 0 Å². The molecule has 1 N–H and O–H groups in total. The molecule has 1 amide bonds. The average Bonchev–Trinajstić information content (AvgIpc) is 3.31. The van der Waals surface area contributed by atoms with Gasteiger partial charge < -0.3 is 19.7 Å². The van der Waals surface area contributed by atoms with Crippen LogP contribution in [0.4, 0.5) is 5.13 Å². The quantitative estimate of drug-likeness (QED) is 0.421. The lowest BCUT2D eigenvalue weighted by Gasteiger charge is -2.26. The molecule has 0 radical (unpaired) electrons. The minimum absolute atomic E-state index is 0.0968. The molecule has 1 aromatic heterocycles. The number of anilines is 1. The number of carbonyl (C=O) groups is 1. The molecule has 2 heterocycles. The molecule has 0 unspecified atom stereocenters. The van der Waals surface area contributed by atoms with Crippen LogP contribution in [0, 0.1) is 0 Å². The van der Waals surface area contributed by atoms with Crippen LogP contribution in [0.2, 0.25) is 0 Å². The van der Waals surface area contributed by atoms with Crippen LogP contribution >= 0.6 is 11.5 Å². The summed E-state index contributed by atoms with van der Waals surface area (Å²) < 4.78 is 15.2. The molecule has 0 aliphatic carbocycles. The van der Waals surface area contributed by atoms with Crippen LogP contribution in [-0.2, 0) is 16.0 Å². The number of methoxy groups -OCH3 is 1. The van der Waals surface area contributed by atoms with E-state index in [1.807, 2.05) is 18.2 Å².